The standard InChI is InChI=1S/C17H18Cl2FN5O2.C2H6/c18-12-8-25(17(20)22-10-3-1-5-26-9-10)14-13(12)23-16(19)24-15(14)21-7-11-4-2-6-27-11;1-2/h2,4,6,8,10,17,22H,1,3,5,7,9H2,(H,21,23,24);1-2H3. The predicted molar refractivity (Wildman–Crippen MR) is 112 cm³/mol. The second-order valence-electron chi connectivity index (χ2n) is 6.27. The Labute approximate surface area is 178 Å². The van der Waals surface area contributed by atoms with E-state index in [1.807, 2.05) is 19.9 Å². The number of halogens is 3. The van der Waals surface area contributed by atoms with Crippen molar-refractivity contribution >= 4 is 40.1 Å². The second kappa shape index (κ2) is 10.2. The van der Waals surface area contributed by atoms with Crippen molar-refractivity contribution in [3.05, 3.63) is 40.7 Å². The first-order chi connectivity index (χ1) is 14.1. The maximum atomic E-state index is 15.1. The first-order valence-electron chi connectivity index (χ1n) is 9.59. The highest BCUT2D eigenvalue weighted by Crippen LogP contribution is 2.32. The summed E-state index contributed by atoms with van der Waals surface area (Å²) < 4.78 is 27.1. The molecule has 1 aliphatic rings. The summed E-state index contributed by atoms with van der Waals surface area (Å²) in [5, 5.41) is 6.36. The van der Waals surface area contributed by atoms with Gasteiger partial charge < -0.3 is 14.5 Å². The second-order valence-corrected chi connectivity index (χ2v) is 7.02. The van der Waals surface area contributed by atoms with E-state index in [-0.39, 0.29) is 11.3 Å². The molecule has 4 rings (SSSR count). The van der Waals surface area contributed by atoms with Crippen LogP contribution in [-0.2, 0) is 11.3 Å². The number of alkyl halides is 1. The van der Waals surface area contributed by atoms with Crippen molar-refractivity contribution in [3.63, 3.8) is 0 Å². The van der Waals surface area contributed by atoms with Gasteiger partial charge in [0.2, 0.25) is 11.7 Å². The number of furan rings is 1. The molecule has 0 amide bonds. The molecule has 0 saturated carbocycles. The third kappa shape index (κ3) is 5.19. The average molecular weight is 444 g/mol. The van der Waals surface area contributed by atoms with Crippen molar-refractivity contribution < 1.29 is 13.5 Å². The summed E-state index contributed by atoms with van der Waals surface area (Å²) in [5.41, 5.74) is 0.802. The quantitative estimate of drug-likeness (QED) is 0.404. The Morgan fingerprint density at radius 2 is 2.17 bits per heavy atom. The molecular weight excluding hydrogens is 420 g/mol. The lowest BCUT2D eigenvalue weighted by Crippen LogP contribution is -2.39. The van der Waals surface area contributed by atoms with Crippen molar-refractivity contribution in [2.75, 3.05) is 18.5 Å². The largest absolute Gasteiger partial charge is 0.467 e. The maximum Gasteiger partial charge on any atom is 0.231 e. The number of fused-ring (bicyclic) bond motifs is 1. The summed E-state index contributed by atoms with van der Waals surface area (Å²) in [7, 11) is 0. The lowest BCUT2D eigenvalue weighted by molar-refractivity contribution is 0.0454. The van der Waals surface area contributed by atoms with Crippen LogP contribution in [0.3, 0.4) is 0 Å². The molecule has 2 N–H and O–H groups in total. The van der Waals surface area contributed by atoms with Crippen LogP contribution in [0.1, 0.15) is 38.9 Å². The average Bonchev–Trinajstić information content (AvgIpc) is 3.37. The first kappa shape index (κ1) is 21.8. The number of rotatable bonds is 6. The highest BCUT2D eigenvalue weighted by atomic mass is 35.5. The van der Waals surface area contributed by atoms with Crippen molar-refractivity contribution in [1.29, 1.82) is 0 Å². The van der Waals surface area contributed by atoms with E-state index in [2.05, 4.69) is 20.6 Å². The Morgan fingerprint density at radius 1 is 1.34 bits per heavy atom. The molecule has 1 fully saturated rings. The number of nitrogens with one attached hydrogen (secondary N) is 2. The maximum absolute atomic E-state index is 15.1. The molecule has 10 heteroatoms. The Balaban J connectivity index is 0.00000117. The summed E-state index contributed by atoms with van der Waals surface area (Å²) in [6.45, 7) is 5.54. The number of ether oxygens (including phenoxy) is 1. The molecule has 3 aromatic rings. The monoisotopic (exact) mass is 443 g/mol. The van der Waals surface area contributed by atoms with Gasteiger partial charge in [0.15, 0.2) is 5.82 Å². The molecule has 0 aliphatic carbocycles. The van der Waals surface area contributed by atoms with E-state index in [4.69, 9.17) is 32.4 Å². The molecule has 0 radical (unpaired) electrons. The van der Waals surface area contributed by atoms with Gasteiger partial charge in [-0.15, -0.1) is 0 Å². The fourth-order valence-electron chi connectivity index (χ4n) is 3.12. The van der Waals surface area contributed by atoms with Crippen molar-refractivity contribution in [1.82, 2.24) is 19.9 Å². The summed E-state index contributed by atoms with van der Waals surface area (Å²) in [5.74, 6) is 1.08. The molecule has 29 heavy (non-hydrogen) atoms. The van der Waals surface area contributed by atoms with Crippen LogP contribution in [0.2, 0.25) is 10.3 Å². The van der Waals surface area contributed by atoms with Crippen molar-refractivity contribution in [3.8, 4) is 0 Å². The van der Waals surface area contributed by atoms with Gasteiger partial charge in [0.1, 0.15) is 16.8 Å². The molecule has 3 aromatic heterocycles. The topological polar surface area (TPSA) is 77.1 Å². The lowest BCUT2D eigenvalue weighted by atomic mass is 10.1. The molecule has 2 unspecified atom stereocenters. The molecule has 1 saturated heterocycles. The van der Waals surface area contributed by atoms with Crippen LogP contribution in [0.25, 0.3) is 11.0 Å². The molecule has 0 aromatic carbocycles. The van der Waals surface area contributed by atoms with Crippen LogP contribution in [-0.4, -0.2) is 33.8 Å². The van der Waals surface area contributed by atoms with Crippen molar-refractivity contribution in [2.45, 2.75) is 45.7 Å². The molecule has 0 bridgehead atoms. The van der Waals surface area contributed by atoms with Crippen LogP contribution in [0.5, 0.6) is 0 Å². The molecule has 4 heterocycles. The minimum Gasteiger partial charge on any atom is -0.467 e. The number of hydrogen-bond acceptors (Lipinski definition) is 6. The highest BCUT2D eigenvalue weighted by Gasteiger charge is 2.24. The summed E-state index contributed by atoms with van der Waals surface area (Å²) in [6.07, 6.45) is 3.29. The van der Waals surface area contributed by atoms with Gasteiger partial charge >= 0.3 is 0 Å². The molecule has 158 valence electrons. The van der Waals surface area contributed by atoms with Gasteiger partial charge in [-0.2, -0.15) is 4.98 Å². The van der Waals surface area contributed by atoms with E-state index in [1.54, 1.807) is 12.3 Å². The van der Waals surface area contributed by atoms with Crippen LogP contribution >= 0.6 is 23.2 Å². The number of nitrogens with zero attached hydrogens (tertiary/aromatic N) is 3. The zero-order valence-electron chi connectivity index (χ0n) is 16.3. The van der Waals surface area contributed by atoms with E-state index in [1.165, 1.54) is 10.8 Å². The van der Waals surface area contributed by atoms with Crippen LogP contribution < -0.4 is 10.6 Å². The van der Waals surface area contributed by atoms with Gasteiger partial charge in [0.05, 0.1) is 24.4 Å². The molecule has 0 spiro atoms. The van der Waals surface area contributed by atoms with E-state index >= 15 is 4.39 Å². The number of anilines is 1. The molecule has 7 nitrogen and oxygen atoms in total. The normalized spacial score (nSPS) is 17.6. The third-order valence-corrected chi connectivity index (χ3v) is 4.83. The summed E-state index contributed by atoms with van der Waals surface area (Å²) >= 11 is 12.3. The van der Waals surface area contributed by atoms with Gasteiger partial charge in [0, 0.05) is 18.8 Å². The fraction of sp³-hybridized carbons (Fsp3) is 0.474. The smallest absolute Gasteiger partial charge is 0.231 e. The highest BCUT2D eigenvalue weighted by molar-refractivity contribution is 6.36. The van der Waals surface area contributed by atoms with Crippen LogP contribution in [0.15, 0.2) is 29.0 Å². The SMILES string of the molecule is CC.FC(NC1CCCOC1)n1cc(Cl)c2nc(Cl)nc(NCc3ccco3)c21. The molecular formula is C19H24Cl2FN5O2. The van der Waals surface area contributed by atoms with E-state index in [0.717, 1.165) is 12.8 Å². The van der Waals surface area contributed by atoms with Crippen LogP contribution in [0.4, 0.5) is 10.2 Å². The first-order valence-corrected chi connectivity index (χ1v) is 10.3. The Kier molecular flexibility index (Phi) is 7.71. The Hall–Kier alpha value is -1.87. The predicted octanol–water partition coefficient (Wildman–Crippen LogP) is 5.16. The molecule has 2 atom stereocenters. The minimum atomic E-state index is -1.51. The van der Waals surface area contributed by atoms with Crippen molar-refractivity contribution in [2.24, 2.45) is 0 Å². The third-order valence-electron chi connectivity index (χ3n) is 4.38. The van der Waals surface area contributed by atoms with Crippen LogP contribution in [0, 0.1) is 0 Å². The van der Waals surface area contributed by atoms with Gasteiger partial charge in [-0.05, 0) is 36.6 Å². The van der Waals surface area contributed by atoms with E-state index in [9.17, 15) is 0 Å². The van der Waals surface area contributed by atoms with Gasteiger partial charge in [0.25, 0.3) is 0 Å². The van der Waals surface area contributed by atoms with E-state index in [0.29, 0.717) is 47.4 Å². The number of aromatic nitrogens is 3. The lowest BCUT2D eigenvalue weighted by Gasteiger charge is -2.26. The minimum absolute atomic E-state index is 0.0214. The Morgan fingerprint density at radius 3 is 2.86 bits per heavy atom. The Bertz CT molecular complexity index is 913. The molecule has 1 aliphatic heterocycles. The van der Waals surface area contributed by atoms with Gasteiger partial charge in [-0.3, -0.25) is 9.88 Å². The van der Waals surface area contributed by atoms with Gasteiger partial charge in [-0.25, -0.2) is 9.37 Å². The fourth-order valence-corrected chi connectivity index (χ4v) is 3.53. The van der Waals surface area contributed by atoms with E-state index < -0.39 is 6.42 Å². The zero-order chi connectivity index (χ0) is 20.8. The summed E-state index contributed by atoms with van der Waals surface area (Å²) in [4.78, 5) is 8.36. The number of hydrogen-bond donors (Lipinski definition) is 2. The summed E-state index contributed by atoms with van der Waals surface area (Å²) in [6, 6.07) is 3.53. The zero-order valence-corrected chi connectivity index (χ0v) is 17.8. The van der Waals surface area contributed by atoms with Gasteiger partial charge in [-0.1, -0.05) is 25.4 Å².